The Morgan fingerprint density at radius 1 is 1.44 bits per heavy atom. The Morgan fingerprint density at radius 3 is 3.06 bits per heavy atom. The summed E-state index contributed by atoms with van der Waals surface area (Å²) in [7, 11) is 1.57. The van der Waals surface area contributed by atoms with E-state index >= 15 is 0 Å². The van der Waals surface area contributed by atoms with Gasteiger partial charge in [-0.05, 0) is 37.5 Å². The first kappa shape index (κ1) is 12.9. The monoisotopic (exact) mass is 250 g/mol. The Balaban J connectivity index is 1.86. The molecule has 98 valence electrons. The van der Waals surface area contributed by atoms with Gasteiger partial charge in [-0.3, -0.25) is 0 Å². The smallest absolute Gasteiger partial charge is 0.338 e. The standard InChI is InChI=1S/C14H18O4/c1-16-12-7-4-5-11(9-12)14(15)18-10-13-6-2-3-8-17-13/h4-5,7,9,13H,2-3,6,8,10H2,1H3. The van der Waals surface area contributed by atoms with E-state index in [1.54, 1.807) is 31.4 Å². The van der Waals surface area contributed by atoms with Crippen LogP contribution in [0.1, 0.15) is 29.6 Å². The number of esters is 1. The fourth-order valence-electron chi connectivity index (χ4n) is 1.94. The van der Waals surface area contributed by atoms with Crippen molar-refractivity contribution in [1.82, 2.24) is 0 Å². The summed E-state index contributed by atoms with van der Waals surface area (Å²) in [6.07, 6.45) is 3.25. The maximum atomic E-state index is 11.8. The minimum atomic E-state index is -0.330. The van der Waals surface area contributed by atoms with E-state index in [1.807, 2.05) is 0 Å². The summed E-state index contributed by atoms with van der Waals surface area (Å²) in [6.45, 7) is 1.09. The number of hydrogen-bond donors (Lipinski definition) is 0. The van der Waals surface area contributed by atoms with E-state index in [0.717, 1.165) is 25.9 Å². The van der Waals surface area contributed by atoms with E-state index in [1.165, 1.54) is 0 Å². The van der Waals surface area contributed by atoms with Crippen molar-refractivity contribution in [1.29, 1.82) is 0 Å². The summed E-state index contributed by atoms with van der Waals surface area (Å²) in [5, 5.41) is 0. The van der Waals surface area contributed by atoms with Crippen molar-refractivity contribution < 1.29 is 19.0 Å². The van der Waals surface area contributed by atoms with E-state index in [9.17, 15) is 4.79 Å². The molecule has 0 N–H and O–H groups in total. The number of methoxy groups -OCH3 is 1. The predicted octanol–water partition coefficient (Wildman–Crippen LogP) is 2.42. The molecule has 1 fully saturated rings. The van der Waals surface area contributed by atoms with Crippen molar-refractivity contribution in [2.24, 2.45) is 0 Å². The van der Waals surface area contributed by atoms with Gasteiger partial charge in [-0.25, -0.2) is 4.79 Å². The van der Waals surface area contributed by atoms with Crippen LogP contribution in [0, 0.1) is 0 Å². The van der Waals surface area contributed by atoms with Crippen LogP contribution >= 0.6 is 0 Å². The average molecular weight is 250 g/mol. The summed E-state index contributed by atoms with van der Waals surface area (Å²) < 4.78 is 15.8. The summed E-state index contributed by atoms with van der Waals surface area (Å²) in [6, 6.07) is 6.95. The van der Waals surface area contributed by atoms with Gasteiger partial charge in [0, 0.05) is 6.61 Å². The second kappa shape index (κ2) is 6.40. The highest BCUT2D eigenvalue weighted by atomic mass is 16.6. The van der Waals surface area contributed by atoms with Crippen molar-refractivity contribution in [2.45, 2.75) is 25.4 Å². The van der Waals surface area contributed by atoms with Crippen LogP contribution in [0.4, 0.5) is 0 Å². The van der Waals surface area contributed by atoms with Crippen LogP contribution in [0.2, 0.25) is 0 Å². The van der Waals surface area contributed by atoms with Gasteiger partial charge < -0.3 is 14.2 Å². The van der Waals surface area contributed by atoms with Crippen LogP contribution in [0.15, 0.2) is 24.3 Å². The molecule has 2 rings (SSSR count). The van der Waals surface area contributed by atoms with Gasteiger partial charge in [0.05, 0.1) is 18.8 Å². The Kier molecular flexibility index (Phi) is 4.59. The van der Waals surface area contributed by atoms with Crippen molar-refractivity contribution in [3.63, 3.8) is 0 Å². The molecule has 0 amide bonds. The molecule has 1 aliphatic rings. The molecule has 1 aliphatic heterocycles. The number of ether oxygens (including phenoxy) is 3. The molecule has 4 nitrogen and oxygen atoms in total. The molecule has 0 aromatic heterocycles. The molecule has 1 aromatic carbocycles. The molecule has 1 saturated heterocycles. The van der Waals surface area contributed by atoms with Crippen molar-refractivity contribution >= 4 is 5.97 Å². The SMILES string of the molecule is COc1cccc(C(=O)OCC2CCCCO2)c1. The van der Waals surface area contributed by atoms with Crippen LogP contribution in [0.5, 0.6) is 5.75 Å². The highest BCUT2D eigenvalue weighted by molar-refractivity contribution is 5.89. The van der Waals surface area contributed by atoms with Gasteiger partial charge in [-0.15, -0.1) is 0 Å². The number of carbonyl (C=O) groups is 1. The molecule has 0 spiro atoms. The number of carbonyl (C=O) groups excluding carboxylic acids is 1. The molecule has 4 heteroatoms. The second-order valence-corrected chi connectivity index (χ2v) is 4.32. The fraction of sp³-hybridized carbons (Fsp3) is 0.500. The summed E-state index contributed by atoms with van der Waals surface area (Å²) >= 11 is 0. The van der Waals surface area contributed by atoms with Gasteiger partial charge in [0.2, 0.25) is 0 Å². The van der Waals surface area contributed by atoms with Gasteiger partial charge in [0.25, 0.3) is 0 Å². The lowest BCUT2D eigenvalue weighted by Gasteiger charge is -2.22. The van der Waals surface area contributed by atoms with Crippen molar-refractivity contribution in [3.05, 3.63) is 29.8 Å². The van der Waals surface area contributed by atoms with Gasteiger partial charge in [0.15, 0.2) is 0 Å². The van der Waals surface area contributed by atoms with Gasteiger partial charge in [-0.1, -0.05) is 6.07 Å². The molecular weight excluding hydrogens is 232 g/mol. The minimum Gasteiger partial charge on any atom is -0.497 e. The molecule has 0 bridgehead atoms. The molecule has 0 saturated carbocycles. The fourth-order valence-corrected chi connectivity index (χ4v) is 1.94. The number of hydrogen-bond acceptors (Lipinski definition) is 4. The van der Waals surface area contributed by atoms with Crippen LogP contribution in [-0.2, 0) is 9.47 Å². The number of rotatable bonds is 4. The molecule has 1 aromatic rings. The maximum Gasteiger partial charge on any atom is 0.338 e. The zero-order valence-corrected chi connectivity index (χ0v) is 10.6. The zero-order chi connectivity index (χ0) is 12.8. The predicted molar refractivity (Wildman–Crippen MR) is 66.9 cm³/mol. The van der Waals surface area contributed by atoms with Crippen molar-refractivity contribution in [3.8, 4) is 5.75 Å². The highest BCUT2D eigenvalue weighted by Gasteiger charge is 2.16. The van der Waals surface area contributed by atoms with Crippen LogP contribution in [0.25, 0.3) is 0 Å². The van der Waals surface area contributed by atoms with Gasteiger partial charge >= 0.3 is 5.97 Å². The molecule has 1 heterocycles. The normalized spacial score (nSPS) is 19.3. The van der Waals surface area contributed by atoms with Crippen molar-refractivity contribution in [2.75, 3.05) is 20.3 Å². The Morgan fingerprint density at radius 2 is 2.33 bits per heavy atom. The van der Waals surface area contributed by atoms with E-state index in [0.29, 0.717) is 17.9 Å². The lowest BCUT2D eigenvalue weighted by Crippen LogP contribution is -2.25. The van der Waals surface area contributed by atoms with E-state index in [2.05, 4.69) is 0 Å². The highest BCUT2D eigenvalue weighted by Crippen LogP contribution is 2.16. The molecule has 18 heavy (non-hydrogen) atoms. The van der Waals surface area contributed by atoms with Crippen LogP contribution < -0.4 is 4.74 Å². The minimum absolute atomic E-state index is 0.0494. The molecular formula is C14H18O4. The molecule has 1 atom stereocenters. The first-order valence-electron chi connectivity index (χ1n) is 6.22. The lowest BCUT2D eigenvalue weighted by molar-refractivity contribution is -0.0300. The Hall–Kier alpha value is -1.55. The number of benzene rings is 1. The first-order valence-corrected chi connectivity index (χ1v) is 6.22. The first-order chi connectivity index (χ1) is 8.79. The Labute approximate surface area is 107 Å². The quantitative estimate of drug-likeness (QED) is 0.770. The van der Waals surface area contributed by atoms with E-state index in [-0.39, 0.29) is 12.1 Å². The van der Waals surface area contributed by atoms with Gasteiger partial charge in [-0.2, -0.15) is 0 Å². The molecule has 1 unspecified atom stereocenters. The molecule has 0 aliphatic carbocycles. The van der Waals surface area contributed by atoms with E-state index in [4.69, 9.17) is 14.2 Å². The van der Waals surface area contributed by atoms with Crippen LogP contribution in [-0.4, -0.2) is 32.4 Å². The largest absolute Gasteiger partial charge is 0.497 e. The summed E-state index contributed by atoms with van der Waals surface area (Å²) in [5.74, 6) is 0.321. The average Bonchev–Trinajstić information content (AvgIpc) is 2.46. The third-order valence-electron chi connectivity index (χ3n) is 2.98. The third-order valence-corrected chi connectivity index (χ3v) is 2.98. The topological polar surface area (TPSA) is 44.8 Å². The third kappa shape index (κ3) is 3.47. The second-order valence-electron chi connectivity index (χ2n) is 4.32. The Bertz CT molecular complexity index is 397. The lowest BCUT2D eigenvalue weighted by atomic mass is 10.1. The zero-order valence-electron chi connectivity index (χ0n) is 10.6. The van der Waals surface area contributed by atoms with Crippen LogP contribution in [0.3, 0.4) is 0 Å². The van der Waals surface area contributed by atoms with Gasteiger partial charge in [0.1, 0.15) is 12.4 Å². The molecule has 0 radical (unpaired) electrons. The van der Waals surface area contributed by atoms with E-state index < -0.39 is 0 Å². The summed E-state index contributed by atoms with van der Waals surface area (Å²) in [4.78, 5) is 11.8. The summed E-state index contributed by atoms with van der Waals surface area (Å²) in [5.41, 5.74) is 0.505. The maximum absolute atomic E-state index is 11.8.